The smallest absolute Gasteiger partial charge is 0.335 e. The molecule has 4 nitrogen and oxygen atoms in total. The molecule has 0 heterocycles. The van der Waals surface area contributed by atoms with Gasteiger partial charge in [-0.15, -0.1) is 0 Å². The molecular weight excluding hydrogens is 494 g/mol. The third-order valence-electron chi connectivity index (χ3n) is 8.79. The Kier molecular flexibility index (Phi) is 8.06. The molecular formula is C36H45NO3. The average Bonchev–Trinajstić information content (AvgIpc) is 2.89. The van der Waals surface area contributed by atoms with Crippen molar-refractivity contribution >= 4 is 17.7 Å². The highest BCUT2D eigenvalue weighted by Gasteiger charge is 2.40. The molecule has 1 atom stereocenters. The Morgan fingerprint density at radius 2 is 1.55 bits per heavy atom. The molecule has 0 spiro atoms. The first-order valence-corrected chi connectivity index (χ1v) is 14.3. The van der Waals surface area contributed by atoms with Gasteiger partial charge in [-0.3, -0.25) is 0 Å². The lowest BCUT2D eigenvalue weighted by Crippen LogP contribution is -2.36. The number of aliphatic hydroxyl groups excluding tert-OH is 1. The van der Waals surface area contributed by atoms with Crippen LogP contribution in [0.2, 0.25) is 0 Å². The molecule has 0 saturated heterocycles. The van der Waals surface area contributed by atoms with Gasteiger partial charge >= 0.3 is 5.97 Å². The molecule has 0 aromatic heterocycles. The third kappa shape index (κ3) is 6.18. The van der Waals surface area contributed by atoms with Crippen LogP contribution in [0, 0.1) is 0 Å². The van der Waals surface area contributed by atoms with Crippen LogP contribution in [0.1, 0.15) is 104 Å². The fraction of sp³-hybridized carbons (Fsp3) is 0.417. The van der Waals surface area contributed by atoms with E-state index in [0.29, 0.717) is 0 Å². The van der Waals surface area contributed by atoms with Gasteiger partial charge < -0.3 is 15.1 Å². The molecule has 212 valence electrons. The van der Waals surface area contributed by atoms with Crippen LogP contribution in [-0.4, -0.2) is 30.3 Å². The first-order valence-electron chi connectivity index (χ1n) is 14.3. The van der Waals surface area contributed by atoms with Crippen LogP contribution in [0.5, 0.6) is 0 Å². The van der Waals surface area contributed by atoms with Crippen LogP contribution < -0.4 is 4.90 Å². The molecule has 4 rings (SSSR count). The Bertz CT molecular complexity index is 1390. The minimum atomic E-state index is -0.945. The lowest BCUT2D eigenvalue weighted by Gasteiger charge is -2.44. The van der Waals surface area contributed by atoms with E-state index in [1.54, 1.807) is 30.3 Å². The summed E-state index contributed by atoms with van der Waals surface area (Å²) in [5, 5.41) is 20.5. The van der Waals surface area contributed by atoms with Crippen molar-refractivity contribution in [3.8, 4) is 0 Å². The molecule has 3 aromatic rings. The van der Waals surface area contributed by atoms with Gasteiger partial charge in [0.05, 0.1) is 11.7 Å². The van der Waals surface area contributed by atoms with Crippen molar-refractivity contribution in [2.24, 2.45) is 0 Å². The monoisotopic (exact) mass is 539 g/mol. The Hall–Kier alpha value is -3.37. The highest BCUT2D eigenvalue weighted by Crippen LogP contribution is 2.49. The molecule has 1 aliphatic rings. The van der Waals surface area contributed by atoms with Crippen LogP contribution in [-0.2, 0) is 22.7 Å². The first kappa shape index (κ1) is 29.6. The second-order valence-electron chi connectivity index (χ2n) is 13.6. The fourth-order valence-electron chi connectivity index (χ4n) is 6.09. The largest absolute Gasteiger partial charge is 0.478 e. The quantitative estimate of drug-likeness (QED) is 0.304. The predicted octanol–water partition coefficient (Wildman–Crippen LogP) is 8.07. The molecule has 0 amide bonds. The van der Waals surface area contributed by atoms with Gasteiger partial charge in [-0.1, -0.05) is 90.1 Å². The number of fused-ring (bicyclic) bond motifs is 1. The van der Waals surface area contributed by atoms with Gasteiger partial charge in [0.2, 0.25) is 0 Å². The number of carbonyl (C=O) groups is 1. The van der Waals surface area contributed by atoms with E-state index in [1.807, 2.05) is 6.08 Å². The van der Waals surface area contributed by atoms with Gasteiger partial charge in [-0.2, -0.15) is 0 Å². The summed E-state index contributed by atoms with van der Waals surface area (Å²) in [5.74, 6) is -0.945. The molecule has 2 N–H and O–H groups in total. The van der Waals surface area contributed by atoms with Gasteiger partial charge in [0, 0.05) is 19.8 Å². The van der Waals surface area contributed by atoms with E-state index in [2.05, 4.69) is 96.9 Å². The van der Waals surface area contributed by atoms with E-state index in [0.717, 1.165) is 30.4 Å². The van der Waals surface area contributed by atoms with Crippen molar-refractivity contribution in [2.75, 3.05) is 19.0 Å². The lowest BCUT2D eigenvalue weighted by atomic mass is 9.60. The Labute approximate surface area is 240 Å². The first-order chi connectivity index (χ1) is 18.6. The zero-order valence-electron chi connectivity index (χ0n) is 25.4. The van der Waals surface area contributed by atoms with Gasteiger partial charge in [0.1, 0.15) is 0 Å². The molecule has 0 aliphatic heterocycles. The number of aliphatic hydroxyl groups is 1. The van der Waals surface area contributed by atoms with E-state index >= 15 is 0 Å². The maximum absolute atomic E-state index is 11.4. The van der Waals surface area contributed by atoms with E-state index < -0.39 is 12.1 Å². The fourth-order valence-corrected chi connectivity index (χ4v) is 6.09. The van der Waals surface area contributed by atoms with Crippen LogP contribution in [0.3, 0.4) is 0 Å². The normalized spacial score (nSPS) is 16.9. The summed E-state index contributed by atoms with van der Waals surface area (Å²) in [6, 6.07) is 20.0. The van der Waals surface area contributed by atoms with Gasteiger partial charge in [-0.05, 0) is 93.2 Å². The van der Waals surface area contributed by atoms with Gasteiger partial charge in [0.25, 0.3) is 0 Å². The van der Waals surface area contributed by atoms with E-state index in [9.17, 15) is 15.0 Å². The number of carboxylic acids is 1. The van der Waals surface area contributed by atoms with Gasteiger partial charge in [0.15, 0.2) is 0 Å². The minimum Gasteiger partial charge on any atom is -0.478 e. The number of hydrogen-bond acceptors (Lipinski definition) is 3. The molecule has 3 aromatic carbocycles. The number of anilines is 1. The third-order valence-corrected chi connectivity index (χ3v) is 8.79. The van der Waals surface area contributed by atoms with Gasteiger partial charge in [-0.25, -0.2) is 4.79 Å². The number of nitrogens with zero attached hydrogens (tertiary/aromatic N) is 1. The molecule has 0 radical (unpaired) electrons. The SMILES string of the molecule is CN(C)c1ccc(C(C)(C)Cc2cc(C(O)C=Cc3ccc(C(=O)O)cc3)cc3c2C(C)(C)CCC3(C)C)cc1. The molecule has 0 bridgehead atoms. The summed E-state index contributed by atoms with van der Waals surface area (Å²) in [7, 11) is 4.12. The number of aromatic carboxylic acids is 1. The summed E-state index contributed by atoms with van der Waals surface area (Å²) in [6.45, 7) is 14.0. The van der Waals surface area contributed by atoms with Crippen LogP contribution in [0.15, 0.2) is 66.7 Å². The van der Waals surface area contributed by atoms with Crippen molar-refractivity contribution < 1.29 is 15.0 Å². The molecule has 1 unspecified atom stereocenters. The predicted molar refractivity (Wildman–Crippen MR) is 167 cm³/mol. The number of hydrogen-bond donors (Lipinski definition) is 2. The summed E-state index contributed by atoms with van der Waals surface area (Å²) in [5.41, 5.74) is 8.55. The Morgan fingerprint density at radius 3 is 2.12 bits per heavy atom. The Morgan fingerprint density at radius 1 is 0.950 bits per heavy atom. The average molecular weight is 540 g/mol. The van der Waals surface area contributed by atoms with Crippen LogP contribution >= 0.6 is 0 Å². The van der Waals surface area contributed by atoms with Crippen LogP contribution in [0.25, 0.3) is 6.08 Å². The molecule has 40 heavy (non-hydrogen) atoms. The zero-order chi connectivity index (χ0) is 29.5. The number of carboxylic acid groups (broad SMARTS) is 1. The molecule has 4 heteroatoms. The standard InChI is InChI=1S/C36H45NO3/c1-34(2)19-20-35(3,4)32-27(23-36(5,6)28-14-16-29(17-15-28)37(7)8)21-26(22-30(32)34)31(38)18-11-24-9-12-25(13-10-24)33(39)40/h9-18,21-22,31,38H,19-20,23H2,1-8H3,(H,39,40). The zero-order valence-corrected chi connectivity index (χ0v) is 25.4. The Balaban J connectivity index is 1.75. The summed E-state index contributed by atoms with van der Waals surface area (Å²) >= 11 is 0. The van der Waals surface area contributed by atoms with E-state index in [1.165, 1.54) is 27.9 Å². The second-order valence-corrected chi connectivity index (χ2v) is 13.6. The van der Waals surface area contributed by atoms with E-state index in [-0.39, 0.29) is 21.8 Å². The van der Waals surface area contributed by atoms with Crippen molar-refractivity contribution in [1.82, 2.24) is 0 Å². The van der Waals surface area contributed by atoms with Crippen LogP contribution in [0.4, 0.5) is 5.69 Å². The minimum absolute atomic E-state index is 0.0171. The summed E-state index contributed by atoms with van der Waals surface area (Å²) < 4.78 is 0. The lowest BCUT2D eigenvalue weighted by molar-refractivity contribution is 0.0697. The molecule has 0 fully saturated rings. The summed E-state index contributed by atoms with van der Waals surface area (Å²) in [6.07, 6.45) is 6.00. The second kappa shape index (κ2) is 10.9. The molecule has 0 saturated carbocycles. The van der Waals surface area contributed by atoms with Crippen molar-refractivity contribution in [1.29, 1.82) is 0 Å². The summed E-state index contributed by atoms with van der Waals surface area (Å²) in [4.78, 5) is 13.3. The maximum Gasteiger partial charge on any atom is 0.335 e. The maximum atomic E-state index is 11.4. The number of benzene rings is 3. The highest BCUT2D eigenvalue weighted by molar-refractivity contribution is 5.87. The van der Waals surface area contributed by atoms with E-state index in [4.69, 9.17) is 0 Å². The molecule has 1 aliphatic carbocycles. The van der Waals surface area contributed by atoms with Crippen molar-refractivity contribution in [3.63, 3.8) is 0 Å². The number of rotatable bonds is 8. The topological polar surface area (TPSA) is 60.8 Å². The highest BCUT2D eigenvalue weighted by atomic mass is 16.4. The van der Waals surface area contributed by atoms with Crippen molar-refractivity contribution in [2.45, 2.75) is 83.2 Å². The van der Waals surface area contributed by atoms with Crippen molar-refractivity contribution in [3.05, 3.63) is 106 Å².